The zero-order chi connectivity index (χ0) is 14.5. The second-order valence-corrected chi connectivity index (χ2v) is 4.31. The van der Waals surface area contributed by atoms with Crippen molar-refractivity contribution in [3.8, 4) is 5.75 Å². The first-order valence-electron chi connectivity index (χ1n) is 5.84. The largest absolute Gasteiger partial charge is 0.481 e. The Hall–Kier alpha value is -1.69. The lowest BCUT2D eigenvalue weighted by Crippen LogP contribution is -2.44. The fraction of sp³-hybridized carbons (Fsp3) is 0.462. The number of halogens is 2. The number of hydrogen-bond acceptors (Lipinski definition) is 3. The van der Waals surface area contributed by atoms with Gasteiger partial charge in [0.1, 0.15) is 12.4 Å². The van der Waals surface area contributed by atoms with Crippen molar-refractivity contribution in [2.45, 2.75) is 25.9 Å². The number of aliphatic hydroxyl groups is 1. The lowest BCUT2D eigenvalue weighted by molar-refractivity contribution is -0.130. The molecule has 1 atom stereocenters. The summed E-state index contributed by atoms with van der Waals surface area (Å²) in [5, 5.41) is 10.4. The van der Waals surface area contributed by atoms with E-state index in [1.165, 1.54) is 6.92 Å². The fourth-order valence-corrected chi connectivity index (χ4v) is 1.36. The number of aryl methyl sites for hydroxylation is 1. The average Bonchev–Trinajstić information content (AvgIpc) is 2.36. The van der Waals surface area contributed by atoms with Gasteiger partial charge in [-0.15, -0.1) is 0 Å². The summed E-state index contributed by atoms with van der Waals surface area (Å²) in [4.78, 5) is 11.5. The molecule has 1 aromatic rings. The molecule has 6 heteroatoms. The maximum atomic E-state index is 12.8. The van der Waals surface area contributed by atoms with Crippen LogP contribution in [0.3, 0.4) is 0 Å². The third kappa shape index (κ3) is 5.21. The van der Waals surface area contributed by atoms with Crippen LogP contribution in [0.15, 0.2) is 24.3 Å². The van der Waals surface area contributed by atoms with Crippen molar-refractivity contribution in [1.82, 2.24) is 5.32 Å². The van der Waals surface area contributed by atoms with Gasteiger partial charge in [-0.1, -0.05) is 12.1 Å². The molecule has 0 aliphatic rings. The van der Waals surface area contributed by atoms with E-state index in [2.05, 4.69) is 0 Å². The van der Waals surface area contributed by atoms with Crippen molar-refractivity contribution in [2.75, 3.05) is 13.2 Å². The van der Waals surface area contributed by atoms with Gasteiger partial charge in [-0.2, -0.15) is 0 Å². The number of ether oxygens (including phenoxy) is 1. The van der Waals surface area contributed by atoms with Crippen LogP contribution < -0.4 is 10.1 Å². The van der Waals surface area contributed by atoms with Crippen LogP contribution in [0.5, 0.6) is 5.75 Å². The summed E-state index contributed by atoms with van der Waals surface area (Å²) in [6, 6.07) is 7.07. The van der Waals surface area contributed by atoms with Crippen LogP contribution in [-0.4, -0.2) is 36.2 Å². The molecule has 0 fully saturated rings. The zero-order valence-corrected chi connectivity index (χ0v) is 10.8. The summed E-state index contributed by atoms with van der Waals surface area (Å²) in [7, 11) is 0. The van der Waals surface area contributed by atoms with Crippen molar-refractivity contribution >= 4 is 5.91 Å². The van der Waals surface area contributed by atoms with Crippen molar-refractivity contribution in [2.24, 2.45) is 0 Å². The standard InChI is InChI=1S/C13H17F2NO3/c1-9-4-3-5-11(6-9)19-10(2)12(18)16-7-13(14,15)8-17/h3-6,10,17H,7-8H2,1-2H3,(H,16,18). The summed E-state index contributed by atoms with van der Waals surface area (Å²) in [5.41, 5.74) is 0.969. The van der Waals surface area contributed by atoms with Crippen LogP contribution in [0, 0.1) is 6.92 Å². The molecule has 0 aliphatic carbocycles. The molecule has 0 spiro atoms. The summed E-state index contributed by atoms with van der Waals surface area (Å²) in [6.07, 6.45) is -0.892. The zero-order valence-electron chi connectivity index (χ0n) is 10.8. The number of carbonyl (C=O) groups is 1. The predicted molar refractivity (Wildman–Crippen MR) is 66.3 cm³/mol. The second kappa shape index (κ2) is 6.47. The highest BCUT2D eigenvalue weighted by atomic mass is 19.3. The van der Waals surface area contributed by atoms with Crippen molar-refractivity contribution in [3.63, 3.8) is 0 Å². The highest BCUT2D eigenvalue weighted by molar-refractivity contribution is 5.80. The maximum absolute atomic E-state index is 12.8. The van der Waals surface area contributed by atoms with E-state index in [0.717, 1.165) is 5.56 Å². The van der Waals surface area contributed by atoms with Gasteiger partial charge < -0.3 is 15.2 Å². The first-order valence-corrected chi connectivity index (χ1v) is 5.84. The minimum absolute atomic E-state index is 0.497. The lowest BCUT2D eigenvalue weighted by Gasteiger charge is -2.18. The molecule has 1 rings (SSSR count). The Morgan fingerprint density at radius 1 is 1.53 bits per heavy atom. The minimum Gasteiger partial charge on any atom is -0.481 e. The van der Waals surface area contributed by atoms with E-state index in [1.807, 2.05) is 18.3 Å². The van der Waals surface area contributed by atoms with Crippen LogP contribution in [-0.2, 0) is 4.79 Å². The number of carbonyl (C=O) groups excluding carboxylic acids is 1. The molecule has 0 heterocycles. The van der Waals surface area contributed by atoms with E-state index in [4.69, 9.17) is 9.84 Å². The molecule has 0 saturated heterocycles. The van der Waals surface area contributed by atoms with Gasteiger partial charge in [-0.25, -0.2) is 8.78 Å². The molecule has 1 aromatic carbocycles. The van der Waals surface area contributed by atoms with E-state index in [-0.39, 0.29) is 0 Å². The number of rotatable bonds is 6. The number of aliphatic hydroxyl groups excluding tert-OH is 1. The predicted octanol–water partition coefficient (Wildman–Crippen LogP) is 1.51. The quantitative estimate of drug-likeness (QED) is 0.826. The molecule has 2 N–H and O–H groups in total. The number of hydrogen-bond donors (Lipinski definition) is 2. The molecule has 0 saturated carbocycles. The SMILES string of the molecule is Cc1cccc(OC(C)C(=O)NCC(F)(F)CO)c1. The van der Waals surface area contributed by atoms with Crippen molar-refractivity contribution in [3.05, 3.63) is 29.8 Å². The van der Waals surface area contributed by atoms with Crippen molar-refractivity contribution < 1.29 is 23.4 Å². The first-order chi connectivity index (χ1) is 8.84. The Balaban J connectivity index is 2.49. The molecule has 0 radical (unpaired) electrons. The van der Waals surface area contributed by atoms with Gasteiger partial charge in [0.25, 0.3) is 11.8 Å². The van der Waals surface area contributed by atoms with Crippen molar-refractivity contribution in [1.29, 1.82) is 0 Å². The highest BCUT2D eigenvalue weighted by Crippen LogP contribution is 2.14. The molecule has 1 amide bonds. The van der Waals surface area contributed by atoms with Gasteiger partial charge in [0.15, 0.2) is 6.10 Å². The topological polar surface area (TPSA) is 58.6 Å². The Morgan fingerprint density at radius 3 is 2.79 bits per heavy atom. The Bertz CT molecular complexity index is 438. The highest BCUT2D eigenvalue weighted by Gasteiger charge is 2.29. The normalized spacial score (nSPS) is 12.9. The summed E-state index contributed by atoms with van der Waals surface area (Å²) in [5.74, 6) is -3.48. The maximum Gasteiger partial charge on any atom is 0.287 e. The lowest BCUT2D eigenvalue weighted by atomic mass is 10.2. The van der Waals surface area contributed by atoms with Gasteiger partial charge in [0.05, 0.1) is 6.54 Å². The average molecular weight is 273 g/mol. The van der Waals surface area contributed by atoms with E-state index in [9.17, 15) is 13.6 Å². The monoisotopic (exact) mass is 273 g/mol. The number of amides is 1. The second-order valence-electron chi connectivity index (χ2n) is 4.31. The van der Waals surface area contributed by atoms with Gasteiger partial charge in [-0.3, -0.25) is 4.79 Å². The fourth-order valence-electron chi connectivity index (χ4n) is 1.36. The molecule has 4 nitrogen and oxygen atoms in total. The van der Waals surface area contributed by atoms with Gasteiger partial charge in [0, 0.05) is 0 Å². The molecule has 19 heavy (non-hydrogen) atoms. The van der Waals surface area contributed by atoms with E-state index in [0.29, 0.717) is 5.75 Å². The van der Waals surface area contributed by atoms with Gasteiger partial charge >= 0.3 is 0 Å². The smallest absolute Gasteiger partial charge is 0.287 e. The van der Waals surface area contributed by atoms with Crippen LogP contribution >= 0.6 is 0 Å². The summed E-state index contributed by atoms with van der Waals surface area (Å²) < 4.78 is 30.8. The Kier molecular flexibility index (Phi) is 5.23. The number of benzene rings is 1. The molecule has 0 aliphatic heterocycles. The van der Waals surface area contributed by atoms with E-state index < -0.39 is 31.1 Å². The Morgan fingerprint density at radius 2 is 2.21 bits per heavy atom. The molecule has 0 bridgehead atoms. The number of alkyl halides is 2. The van der Waals surface area contributed by atoms with E-state index >= 15 is 0 Å². The molecule has 106 valence electrons. The summed E-state index contributed by atoms with van der Waals surface area (Å²) >= 11 is 0. The van der Waals surface area contributed by atoms with Crippen LogP contribution in [0.25, 0.3) is 0 Å². The molecular weight excluding hydrogens is 256 g/mol. The summed E-state index contributed by atoms with van der Waals surface area (Å²) in [6.45, 7) is 1.12. The third-order valence-electron chi connectivity index (χ3n) is 2.42. The van der Waals surface area contributed by atoms with Crippen LogP contribution in [0.2, 0.25) is 0 Å². The third-order valence-corrected chi connectivity index (χ3v) is 2.42. The number of nitrogens with one attached hydrogen (secondary N) is 1. The first kappa shape index (κ1) is 15.4. The van der Waals surface area contributed by atoms with E-state index in [1.54, 1.807) is 18.2 Å². The van der Waals surface area contributed by atoms with Crippen LogP contribution in [0.1, 0.15) is 12.5 Å². The van der Waals surface area contributed by atoms with Gasteiger partial charge in [0.2, 0.25) is 0 Å². The van der Waals surface area contributed by atoms with Crippen LogP contribution in [0.4, 0.5) is 8.78 Å². The molecule has 1 unspecified atom stereocenters. The molecular formula is C13H17F2NO3. The molecule has 0 aromatic heterocycles. The Labute approximate surface area is 110 Å². The van der Waals surface area contributed by atoms with Gasteiger partial charge in [-0.05, 0) is 31.5 Å². The minimum atomic E-state index is -3.32.